The molecule has 1 N–H and O–H groups in total. The fourth-order valence-corrected chi connectivity index (χ4v) is 5.03. The van der Waals surface area contributed by atoms with E-state index in [4.69, 9.17) is 0 Å². The number of benzene rings is 2. The Morgan fingerprint density at radius 1 is 0.966 bits per heavy atom. The van der Waals surface area contributed by atoms with E-state index in [-0.39, 0.29) is 5.91 Å². The minimum absolute atomic E-state index is 0.0727. The number of nitrogens with one attached hydrogen (secondary N) is 1. The largest absolute Gasteiger partial charge is 0.335 e. The van der Waals surface area contributed by atoms with Crippen LogP contribution in [0.5, 0.6) is 0 Å². The Morgan fingerprint density at radius 3 is 2.21 bits per heavy atom. The van der Waals surface area contributed by atoms with Gasteiger partial charge in [-0.25, -0.2) is 8.42 Å². The van der Waals surface area contributed by atoms with Crippen molar-refractivity contribution >= 4 is 15.9 Å². The maximum Gasteiger partial charge on any atom is 0.277 e. The fraction of sp³-hybridized carbons (Fsp3) is 0.409. The number of amides is 1. The number of sulfonamides is 1. The lowest BCUT2D eigenvalue weighted by molar-refractivity contribution is -0.885. The smallest absolute Gasteiger partial charge is 0.277 e. The van der Waals surface area contributed by atoms with Gasteiger partial charge >= 0.3 is 0 Å². The number of likely N-dealkylation sites (N-methyl/N-ethyl adjacent to an activating group) is 1. The first kappa shape index (κ1) is 21.5. The summed E-state index contributed by atoms with van der Waals surface area (Å²) in [6.45, 7) is 6.73. The van der Waals surface area contributed by atoms with Crippen LogP contribution in [0, 0.1) is 13.8 Å². The molecule has 29 heavy (non-hydrogen) atoms. The fourth-order valence-electron chi connectivity index (χ4n) is 3.60. The molecule has 1 fully saturated rings. The van der Waals surface area contributed by atoms with Gasteiger partial charge in [0.15, 0.2) is 6.54 Å². The van der Waals surface area contributed by atoms with Crippen molar-refractivity contribution in [3.63, 3.8) is 0 Å². The molecule has 1 heterocycles. The number of rotatable bonds is 6. The molecule has 0 saturated carbocycles. The predicted octanol–water partition coefficient (Wildman–Crippen LogP) is 0.851. The molecule has 1 aliphatic rings. The lowest BCUT2D eigenvalue weighted by Gasteiger charge is -2.34. The van der Waals surface area contributed by atoms with Crippen molar-refractivity contribution in [2.24, 2.45) is 0 Å². The SMILES string of the molecule is Cc1ccc(S(=O)(=O)N2CCN(C(=O)C[NH+](C)Cc3ccccc3C)CC2)cc1. The highest BCUT2D eigenvalue weighted by molar-refractivity contribution is 7.89. The Morgan fingerprint density at radius 2 is 1.59 bits per heavy atom. The summed E-state index contributed by atoms with van der Waals surface area (Å²) in [7, 11) is -1.49. The molecule has 0 radical (unpaired) electrons. The third-order valence-electron chi connectivity index (χ3n) is 5.46. The second-order valence-electron chi connectivity index (χ2n) is 7.84. The maximum atomic E-state index is 12.8. The lowest BCUT2D eigenvalue weighted by atomic mass is 10.1. The average Bonchev–Trinajstić information content (AvgIpc) is 2.70. The van der Waals surface area contributed by atoms with Gasteiger partial charge in [0.05, 0.1) is 11.9 Å². The van der Waals surface area contributed by atoms with Crippen LogP contribution < -0.4 is 4.90 Å². The van der Waals surface area contributed by atoms with Crippen LogP contribution in [0.4, 0.5) is 0 Å². The minimum atomic E-state index is -3.51. The van der Waals surface area contributed by atoms with E-state index < -0.39 is 10.0 Å². The first-order chi connectivity index (χ1) is 13.8. The standard InChI is InChI=1S/C22H29N3O3S/c1-18-8-10-21(11-9-18)29(27,28)25-14-12-24(13-15-25)22(26)17-23(3)16-20-7-5-4-6-19(20)2/h4-11H,12-17H2,1-3H3/p+1. The van der Waals surface area contributed by atoms with Crippen molar-refractivity contribution in [2.45, 2.75) is 25.3 Å². The Kier molecular flexibility index (Phi) is 6.72. The van der Waals surface area contributed by atoms with Gasteiger partial charge in [-0.1, -0.05) is 42.0 Å². The van der Waals surface area contributed by atoms with Crippen LogP contribution in [0.25, 0.3) is 0 Å². The van der Waals surface area contributed by atoms with E-state index in [1.165, 1.54) is 15.4 Å². The average molecular weight is 417 g/mol. The molecule has 1 aliphatic heterocycles. The van der Waals surface area contributed by atoms with Crippen molar-refractivity contribution < 1.29 is 18.1 Å². The van der Waals surface area contributed by atoms with Gasteiger partial charge < -0.3 is 9.80 Å². The molecule has 6 nitrogen and oxygen atoms in total. The van der Waals surface area contributed by atoms with Gasteiger partial charge in [0.1, 0.15) is 6.54 Å². The van der Waals surface area contributed by atoms with E-state index in [9.17, 15) is 13.2 Å². The molecule has 0 spiro atoms. The van der Waals surface area contributed by atoms with E-state index in [2.05, 4.69) is 19.1 Å². The highest BCUT2D eigenvalue weighted by atomic mass is 32.2. The molecule has 3 rings (SSSR count). The van der Waals surface area contributed by atoms with E-state index in [1.54, 1.807) is 29.2 Å². The Hall–Kier alpha value is -2.22. The van der Waals surface area contributed by atoms with Crippen LogP contribution in [0.2, 0.25) is 0 Å². The van der Waals surface area contributed by atoms with Gasteiger partial charge in [-0.15, -0.1) is 0 Å². The molecule has 0 aromatic heterocycles. The van der Waals surface area contributed by atoms with Crippen molar-refractivity contribution in [1.29, 1.82) is 0 Å². The maximum absolute atomic E-state index is 12.8. The number of carbonyl (C=O) groups is 1. The molecule has 156 valence electrons. The number of hydrogen-bond acceptors (Lipinski definition) is 3. The summed E-state index contributed by atoms with van der Waals surface area (Å²) in [5, 5.41) is 0. The second kappa shape index (κ2) is 9.07. The summed E-state index contributed by atoms with van der Waals surface area (Å²) in [6.07, 6.45) is 0. The Bertz CT molecular complexity index is 950. The van der Waals surface area contributed by atoms with Crippen LogP contribution in [0.1, 0.15) is 16.7 Å². The molecule has 1 saturated heterocycles. The van der Waals surface area contributed by atoms with Crippen molar-refractivity contribution in [3.8, 4) is 0 Å². The zero-order valence-electron chi connectivity index (χ0n) is 17.4. The van der Waals surface area contributed by atoms with Gasteiger partial charge in [0, 0.05) is 31.7 Å². The first-order valence-corrected chi connectivity index (χ1v) is 11.4. The van der Waals surface area contributed by atoms with E-state index in [0.717, 1.165) is 17.0 Å². The summed E-state index contributed by atoms with van der Waals surface area (Å²) in [5.41, 5.74) is 3.50. The predicted molar refractivity (Wildman–Crippen MR) is 113 cm³/mol. The number of quaternary nitrogens is 1. The van der Waals surface area contributed by atoms with Crippen LogP contribution in [-0.4, -0.2) is 63.3 Å². The number of piperazine rings is 1. The van der Waals surface area contributed by atoms with Gasteiger partial charge in [-0.3, -0.25) is 4.79 Å². The van der Waals surface area contributed by atoms with Gasteiger partial charge in [-0.2, -0.15) is 4.31 Å². The highest BCUT2D eigenvalue weighted by Crippen LogP contribution is 2.18. The van der Waals surface area contributed by atoms with Crippen LogP contribution in [-0.2, 0) is 21.4 Å². The molecule has 0 bridgehead atoms. The monoisotopic (exact) mass is 416 g/mol. The summed E-state index contributed by atoms with van der Waals surface area (Å²) in [5.74, 6) is 0.0727. The van der Waals surface area contributed by atoms with E-state index in [1.807, 2.05) is 26.1 Å². The molecule has 0 aliphatic carbocycles. The lowest BCUT2D eigenvalue weighted by Crippen LogP contribution is -3.09. The topological polar surface area (TPSA) is 62.1 Å². The molecule has 2 aromatic carbocycles. The van der Waals surface area contributed by atoms with Crippen LogP contribution >= 0.6 is 0 Å². The molecular weight excluding hydrogens is 386 g/mol. The zero-order chi connectivity index (χ0) is 21.0. The molecule has 1 atom stereocenters. The van der Waals surface area contributed by atoms with E-state index >= 15 is 0 Å². The molecule has 2 aromatic rings. The summed E-state index contributed by atoms with van der Waals surface area (Å²) < 4.78 is 27.1. The highest BCUT2D eigenvalue weighted by Gasteiger charge is 2.30. The van der Waals surface area contributed by atoms with E-state index in [0.29, 0.717) is 37.6 Å². The quantitative estimate of drug-likeness (QED) is 0.760. The number of carbonyl (C=O) groups excluding carboxylic acids is 1. The molecule has 1 unspecified atom stereocenters. The number of aryl methyl sites for hydroxylation is 2. The third-order valence-corrected chi connectivity index (χ3v) is 7.37. The third kappa shape index (κ3) is 5.23. The van der Waals surface area contributed by atoms with Crippen LogP contribution in [0.15, 0.2) is 53.4 Å². The van der Waals surface area contributed by atoms with Gasteiger partial charge in [-0.05, 0) is 31.5 Å². The van der Waals surface area contributed by atoms with Crippen LogP contribution in [0.3, 0.4) is 0 Å². The first-order valence-electron chi connectivity index (χ1n) is 9.98. The zero-order valence-corrected chi connectivity index (χ0v) is 18.2. The molecular formula is C22H30N3O3S+. The normalized spacial score (nSPS) is 16.6. The van der Waals surface area contributed by atoms with Crippen molar-refractivity contribution in [3.05, 3.63) is 65.2 Å². The number of nitrogens with zero attached hydrogens (tertiary/aromatic N) is 2. The second-order valence-corrected chi connectivity index (χ2v) is 9.77. The Labute approximate surface area is 173 Å². The summed E-state index contributed by atoms with van der Waals surface area (Å²) in [6, 6.07) is 15.1. The van der Waals surface area contributed by atoms with Crippen molar-refractivity contribution in [1.82, 2.24) is 9.21 Å². The summed E-state index contributed by atoms with van der Waals surface area (Å²) >= 11 is 0. The van der Waals surface area contributed by atoms with Gasteiger partial charge in [0.25, 0.3) is 5.91 Å². The Balaban J connectivity index is 1.54. The number of hydrogen-bond donors (Lipinski definition) is 1. The minimum Gasteiger partial charge on any atom is -0.335 e. The molecule has 1 amide bonds. The molecule has 7 heteroatoms. The van der Waals surface area contributed by atoms with Crippen molar-refractivity contribution in [2.75, 3.05) is 39.8 Å². The van der Waals surface area contributed by atoms with Gasteiger partial charge in [0.2, 0.25) is 10.0 Å². The summed E-state index contributed by atoms with van der Waals surface area (Å²) in [4.78, 5) is 15.9.